The van der Waals surface area contributed by atoms with Crippen LogP contribution in [0.15, 0.2) is 42.5 Å². The van der Waals surface area contributed by atoms with Crippen molar-refractivity contribution in [2.24, 2.45) is 0 Å². The molecule has 0 fully saturated rings. The van der Waals surface area contributed by atoms with Crippen LogP contribution in [0, 0.1) is 15.9 Å². The van der Waals surface area contributed by atoms with Gasteiger partial charge in [0.05, 0.1) is 17.1 Å². The van der Waals surface area contributed by atoms with Gasteiger partial charge in [0.2, 0.25) is 0 Å². The topological polar surface area (TPSA) is 52.4 Å². The average molecular weight is 268 g/mol. The Hall–Kier alpha value is -2.14. The molecule has 0 aliphatic heterocycles. The molecule has 0 aliphatic carbocycles. The van der Waals surface area contributed by atoms with Gasteiger partial charge in [0, 0.05) is 11.1 Å². The third-order valence-corrected chi connectivity index (χ3v) is 2.33. The second-order valence-electron chi connectivity index (χ2n) is 3.46. The van der Waals surface area contributed by atoms with E-state index in [-0.39, 0.29) is 11.4 Å². The number of benzene rings is 2. The zero-order valence-corrected chi connectivity index (χ0v) is 9.73. The van der Waals surface area contributed by atoms with Crippen LogP contribution in [0.25, 0.3) is 0 Å². The Balaban J connectivity index is 2.31. The van der Waals surface area contributed by atoms with Crippen molar-refractivity contribution < 1.29 is 14.1 Å². The van der Waals surface area contributed by atoms with E-state index in [4.69, 9.17) is 16.3 Å². The largest absolute Gasteiger partial charge is 0.457 e. The van der Waals surface area contributed by atoms with E-state index in [1.54, 1.807) is 18.2 Å². The van der Waals surface area contributed by atoms with E-state index in [0.717, 1.165) is 18.2 Å². The maximum absolute atomic E-state index is 13.2. The van der Waals surface area contributed by atoms with Gasteiger partial charge in [-0.05, 0) is 18.2 Å². The summed E-state index contributed by atoms with van der Waals surface area (Å²) in [6.07, 6.45) is 0. The lowest BCUT2D eigenvalue weighted by atomic mass is 10.3. The second kappa shape index (κ2) is 5.01. The Morgan fingerprint density at radius 2 is 1.94 bits per heavy atom. The number of ether oxygens (including phenoxy) is 1. The first kappa shape index (κ1) is 12.3. The Morgan fingerprint density at radius 1 is 1.17 bits per heavy atom. The number of hydrogen-bond donors (Lipinski definition) is 0. The van der Waals surface area contributed by atoms with Crippen LogP contribution >= 0.6 is 11.6 Å². The maximum atomic E-state index is 13.2. The summed E-state index contributed by atoms with van der Waals surface area (Å²) in [5.74, 6) is -0.312. The Morgan fingerprint density at radius 3 is 2.61 bits per heavy atom. The Kier molecular flexibility index (Phi) is 3.43. The highest BCUT2D eigenvalue weighted by Gasteiger charge is 2.11. The number of non-ortho nitro benzene ring substituents is 1. The van der Waals surface area contributed by atoms with Crippen LogP contribution in [-0.2, 0) is 0 Å². The van der Waals surface area contributed by atoms with Crippen LogP contribution in [0.2, 0.25) is 5.02 Å². The van der Waals surface area contributed by atoms with Gasteiger partial charge in [-0.3, -0.25) is 10.1 Å². The highest BCUT2D eigenvalue weighted by atomic mass is 35.5. The number of halogens is 2. The lowest BCUT2D eigenvalue weighted by Gasteiger charge is -2.05. The molecule has 0 bridgehead atoms. The quantitative estimate of drug-likeness (QED) is 0.619. The number of nitrogens with zero attached hydrogens (tertiary/aromatic N) is 1. The minimum Gasteiger partial charge on any atom is -0.457 e. The molecule has 0 spiro atoms. The normalized spacial score (nSPS) is 10.1. The maximum Gasteiger partial charge on any atom is 0.276 e. The zero-order valence-electron chi connectivity index (χ0n) is 8.97. The van der Waals surface area contributed by atoms with Gasteiger partial charge >= 0.3 is 0 Å². The first-order valence-corrected chi connectivity index (χ1v) is 5.31. The van der Waals surface area contributed by atoms with Crippen LogP contribution in [0.5, 0.6) is 11.5 Å². The molecule has 2 aromatic carbocycles. The molecule has 0 saturated heterocycles. The monoisotopic (exact) mass is 267 g/mol. The standard InChI is InChI=1S/C12H7ClFNO3/c13-8-2-1-3-11(4-8)18-12-6-9(14)5-10(7-12)15(16)17/h1-7H. The molecular weight excluding hydrogens is 261 g/mol. The van der Waals surface area contributed by atoms with Gasteiger partial charge in [0.1, 0.15) is 17.3 Å². The van der Waals surface area contributed by atoms with Gasteiger partial charge in [-0.2, -0.15) is 0 Å². The molecule has 0 aromatic heterocycles. The number of rotatable bonds is 3. The van der Waals surface area contributed by atoms with Crippen molar-refractivity contribution in [1.82, 2.24) is 0 Å². The van der Waals surface area contributed by atoms with Gasteiger partial charge in [-0.25, -0.2) is 4.39 Å². The zero-order chi connectivity index (χ0) is 13.1. The van der Waals surface area contributed by atoms with E-state index in [1.165, 1.54) is 6.07 Å². The average Bonchev–Trinajstić information content (AvgIpc) is 2.28. The van der Waals surface area contributed by atoms with Crippen molar-refractivity contribution in [1.29, 1.82) is 0 Å². The lowest BCUT2D eigenvalue weighted by Crippen LogP contribution is -1.91. The van der Waals surface area contributed by atoms with Gasteiger partial charge in [0.25, 0.3) is 5.69 Å². The molecule has 0 aliphatic rings. The number of nitro groups is 1. The van der Waals surface area contributed by atoms with E-state index in [1.807, 2.05) is 0 Å². The Labute approximate surface area is 107 Å². The van der Waals surface area contributed by atoms with Crippen LogP contribution < -0.4 is 4.74 Å². The third-order valence-electron chi connectivity index (χ3n) is 2.10. The number of nitro benzene ring substituents is 1. The summed E-state index contributed by atoms with van der Waals surface area (Å²) >= 11 is 5.76. The molecule has 0 heterocycles. The minimum atomic E-state index is -0.735. The molecule has 4 nitrogen and oxygen atoms in total. The van der Waals surface area contributed by atoms with Gasteiger partial charge in [-0.1, -0.05) is 17.7 Å². The first-order chi connectivity index (χ1) is 8.54. The molecule has 0 radical (unpaired) electrons. The molecule has 0 N–H and O–H groups in total. The molecule has 0 unspecified atom stereocenters. The van der Waals surface area contributed by atoms with E-state index >= 15 is 0 Å². The van der Waals surface area contributed by atoms with Crippen molar-refractivity contribution in [3.05, 3.63) is 63.4 Å². The molecule has 18 heavy (non-hydrogen) atoms. The van der Waals surface area contributed by atoms with E-state index in [2.05, 4.69) is 0 Å². The second-order valence-corrected chi connectivity index (χ2v) is 3.90. The fourth-order valence-electron chi connectivity index (χ4n) is 1.38. The summed E-state index contributed by atoms with van der Waals surface area (Å²) in [4.78, 5) is 9.89. The summed E-state index contributed by atoms with van der Waals surface area (Å²) in [5, 5.41) is 11.0. The Bertz CT molecular complexity index is 604. The third kappa shape index (κ3) is 2.95. The summed E-state index contributed by atoms with van der Waals surface area (Å²) in [6, 6.07) is 9.48. The summed E-state index contributed by atoms with van der Waals surface area (Å²) in [7, 11) is 0. The fraction of sp³-hybridized carbons (Fsp3) is 0. The highest BCUT2D eigenvalue weighted by Crippen LogP contribution is 2.28. The van der Waals surface area contributed by atoms with E-state index in [9.17, 15) is 14.5 Å². The molecule has 6 heteroatoms. The molecule has 92 valence electrons. The smallest absolute Gasteiger partial charge is 0.276 e. The SMILES string of the molecule is O=[N+]([O-])c1cc(F)cc(Oc2cccc(Cl)c2)c1. The fourth-order valence-corrected chi connectivity index (χ4v) is 1.56. The van der Waals surface area contributed by atoms with Crippen LogP contribution in [-0.4, -0.2) is 4.92 Å². The van der Waals surface area contributed by atoms with E-state index < -0.39 is 10.7 Å². The molecule has 0 atom stereocenters. The van der Waals surface area contributed by atoms with Crippen molar-refractivity contribution in [3.63, 3.8) is 0 Å². The van der Waals surface area contributed by atoms with Crippen LogP contribution in [0.3, 0.4) is 0 Å². The van der Waals surface area contributed by atoms with Gasteiger partial charge < -0.3 is 4.74 Å². The van der Waals surface area contributed by atoms with Crippen molar-refractivity contribution in [2.75, 3.05) is 0 Å². The molecule has 0 saturated carbocycles. The number of hydrogen-bond acceptors (Lipinski definition) is 3. The summed E-state index contributed by atoms with van der Waals surface area (Å²) in [5.41, 5.74) is -0.368. The summed E-state index contributed by atoms with van der Waals surface area (Å²) in [6.45, 7) is 0. The molecule has 0 amide bonds. The first-order valence-electron chi connectivity index (χ1n) is 4.93. The van der Waals surface area contributed by atoms with Crippen LogP contribution in [0.4, 0.5) is 10.1 Å². The molecular formula is C12H7ClFNO3. The lowest BCUT2D eigenvalue weighted by molar-refractivity contribution is -0.385. The molecule has 2 rings (SSSR count). The predicted octanol–water partition coefficient (Wildman–Crippen LogP) is 4.18. The van der Waals surface area contributed by atoms with Crippen molar-refractivity contribution >= 4 is 17.3 Å². The highest BCUT2D eigenvalue weighted by molar-refractivity contribution is 6.30. The minimum absolute atomic E-state index is 0.0453. The molecule has 2 aromatic rings. The van der Waals surface area contributed by atoms with Crippen molar-refractivity contribution in [3.8, 4) is 11.5 Å². The predicted molar refractivity (Wildman–Crippen MR) is 64.6 cm³/mol. The van der Waals surface area contributed by atoms with Crippen molar-refractivity contribution in [2.45, 2.75) is 0 Å². The van der Waals surface area contributed by atoms with Gasteiger partial charge in [-0.15, -0.1) is 0 Å². The van der Waals surface area contributed by atoms with Gasteiger partial charge in [0.15, 0.2) is 0 Å². The van der Waals surface area contributed by atoms with E-state index in [0.29, 0.717) is 10.8 Å². The van der Waals surface area contributed by atoms with Crippen LogP contribution in [0.1, 0.15) is 0 Å². The summed E-state index contributed by atoms with van der Waals surface area (Å²) < 4.78 is 18.5.